The summed E-state index contributed by atoms with van der Waals surface area (Å²) in [6.45, 7) is 4.07. The highest BCUT2D eigenvalue weighted by atomic mass is 31.2. The Hall–Kier alpha value is -0.720. The minimum atomic E-state index is -4.71. The van der Waals surface area contributed by atoms with Crippen molar-refractivity contribution in [2.24, 2.45) is 0 Å². The van der Waals surface area contributed by atoms with E-state index in [-0.39, 0.29) is 5.91 Å². The quantitative estimate of drug-likeness (QED) is 0.0299. The van der Waals surface area contributed by atoms with E-state index in [1.807, 2.05) is 6.08 Å². The molecule has 0 aromatic heterocycles. The van der Waals surface area contributed by atoms with Crippen molar-refractivity contribution in [3.8, 4) is 0 Å². The fourth-order valence-corrected chi connectivity index (χ4v) is 6.34. The van der Waals surface area contributed by atoms with Crippen molar-refractivity contribution in [3.63, 3.8) is 0 Å². The van der Waals surface area contributed by atoms with Crippen LogP contribution in [0.5, 0.6) is 0 Å². The molecule has 7 nitrogen and oxygen atoms in total. The van der Waals surface area contributed by atoms with E-state index in [1.54, 1.807) is 6.08 Å². The molecule has 0 rings (SSSR count). The van der Waals surface area contributed by atoms with Gasteiger partial charge in [-0.2, -0.15) is 0 Å². The SMILES string of the molecule is CCCCCCCCCCCCCCC/C=C/[C@@H](O)[C@H](COP(=O)(O)O)NC(=O)CCCCCCCCCCCCCCCCC. The van der Waals surface area contributed by atoms with Gasteiger partial charge in [-0.1, -0.05) is 193 Å². The first-order valence-electron chi connectivity index (χ1n) is 19.6. The minimum absolute atomic E-state index is 0.224. The Labute approximate surface area is 284 Å². The van der Waals surface area contributed by atoms with Crippen LogP contribution in [-0.2, 0) is 13.9 Å². The molecule has 0 unspecified atom stereocenters. The zero-order chi connectivity index (χ0) is 34.0. The topological polar surface area (TPSA) is 116 Å². The molecular weight excluding hydrogens is 597 g/mol. The Morgan fingerprint density at radius 1 is 0.609 bits per heavy atom. The van der Waals surface area contributed by atoms with E-state index >= 15 is 0 Å². The maximum Gasteiger partial charge on any atom is 0.469 e. The summed E-state index contributed by atoms with van der Waals surface area (Å²) in [5, 5.41) is 13.4. The Balaban J connectivity index is 3.99. The van der Waals surface area contributed by atoms with Crippen LogP contribution in [0.3, 0.4) is 0 Å². The van der Waals surface area contributed by atoms with Gasteiger partial charge in [0.1, 0.15) is 0 Å². The summed E-state index contributed by atoms with van der Waals surface area (Å²) in [7, 11) is -4.71. The summed E-state index contributed by atoms with van der Waals surface area (Å²) in [6, 6.07) is -0.903. The zero-order valence-corrected chi connectivity index (χ0v) is 31.1. The second-order valence-corrected chi connectivity index (χ2v) is 14.8. The number of nitrogens with one attached hydrogen (secondary N) is 1. The van der Waals surface area contributed by atoms with Gasteiger partial charge in [0.15, 0.2) is 0 Å². The van der Waals surface area contributed by atoms with Crippen LogP contribution in [0.4, 0.5) is 0 Å². The molecule has 4 N–H and O–H groups in total. The van der Waals surface area contributed by atoms with Gasteiger partial charge >= 0.3 is 7.82 Å². The number of carbonyl (C=O) groups is 1. The predicted octanol–water partition coefficient (Wildman–Crippen LogP) is 11.2. The standard InChI is InChI=1S/C38H76NO6P/c1-3-5-7-9-11-13-15-17-19-21-23-25-27-29-31-33-37(40)36(35-45-46(42,43)44)39-38(41)34-32-30-28-26-24-22-20-18-16-14-12-10-8-6-4-2/h31,33,36-37,40H,3-30,32,34-35H2,1-2H3,(H,39,41)(H2,42,43,44)/b33-31+/t36-,37+/m0/s1. The molecule has 274 valence electrons. The molecule has 0 saturated carbocycles. The van der Waals surface area contributed by atoms with E-state index in [4.69, 9.17) is 9.79 Å². The fraction of sp³-hybridized carbons (Fsp3) is 0.921. The van der Waals surface area contributed by atoms with Gasteiger partial charge < -0.3 is 20.2 Å². The van der Waals surface area contributed by atoms with Gasteiger partial charge in [-0.15, -0.1) is 0 Å². The van der Waals surface area contributed by atoms with Gasteiger partial charge in [0.25, 0.3) is 0 Å². The summed E-state index contributed by atoms with van der Waals surface area (Å²) in [5.41, 5.74) is 0. The normalized spacial score (nSPS) is 13.4. The first-order chi connectivity index (χ1) is 22.3. The molecule has 0 aromatic carbocycles. The molecule has 46 heavy (non-hydrogen) atoms. The molecule has 0 radical (unpaired) electrons. The smallest absolute Gasteiger partial charge is 0.387 e. The summed E-state index contributed by atoms with van der Waals surface area (Å²) in [4.78, 5) is 30.8. The molecule has 0 aromatic rings. The zero-order valence-electron chi connectivity index (χ0n) is 30.2. The number of phosphoric acid groups is 1. The van der Waals surface area contributed by atoms with Gasteiger partial charge in [0.05, 0.1) is 18.8 Å². The van der Waals surface area contributed by atoms with E-state index in [1.165, 1.54) is 148 Å². The molecular formula is C38H76NO6P. The average molecular weight is 674 g/mol. The first kappa shape index (κ1) is 45.3. The Morgan fingerprint density at radius 2 is 0.957 bits per heavy atom. The van der Waals surface area contributed by atoms with Crippen molar-refractivity contribution in [2.45, 2.75) is 219 Å². The van der Waals surface area contributed by atoms with Gasteiger partial charge in [-0.25, -0.2) is 4.57 Å². The second kappa shape index (κ2) is 34.2. The van der Waals surface area contributed by atoms with Crippen molar-refractivity contribution < 1.29 is 28.8 Å². The Kier molecular flexibility index (Phi) is 33.6. The third-order valence-electron chi connectivity index (χ3n) is 9.00. The lowest BCUT2D eigenvalue weighted by Gasteiger charge is -2.22. The lowest BCUT2D eigenvalue weighted by molar-refractivity contribution is -0.123. The number of unbranched alkanes of at least 4 members (excludes halogenated alkanes) is 27. The van der Waals surface area contributed by atoms with Crippen LogP contribution in [0.2, 0.25) is 0 Å². The number of allylic oxidation sites excluding steroid dienone is 1. The number of rotatable bonds is 36. The van der Waals surface area contributed by atoms with Crippen LogP contribution >= 0.6 is 7.82 Å². The van der Waals surface area contributed by atoms with Gasteiger partial charge in [0.2, 0.25) is 5.91 Å². The van der Waals surface area contributed by atoms with E-state index < -0.39 is 26.6 Å². The van der Waals surface area contributed by atoms with E-state index in [2.05, 4.69) is 23.7 Å². The molecule has 0 aliphatic heterocycles. The van der Waals surface area contributed by atoms with Crippen molar-refractivity contribution in [1.29, 1.82) is 0 Å². The van der Waals surface area contributed by atoms with Crippen molar-refractivity contribution in [2.75, 3.05) is 6.61 Å². The van der Waals surface area contributed by atoms with Crippen LogP contribution in [0.1, 0.15) is 206 Å². The van der Waals surface area contributed by atoms with Crippen LogP contribution < -0.4 is 5.32 Å². The van der Waals surface area contributed by atoms with Gasteiger partial charge in [-0.3, -0.25) is 9.32 Å². The van der Waals surface area contributed by atoms with Crippen LogP contribution in [0.25, 0.3) is 0 Å². The highest BCUT2D eigenvalue weighted by Gasteiger charge is 2.24. The Morgan fingerprint density at radius 3 is 1.33 bits per heavy atom. The average Bonchev–Trinajstić information content (AvgIpc) is 3.02. The molecule has 2 atom stereocenters. The molecule has 0 aliphatic rings. The lowest BCUT2D eigenvalue weighted by atomic mass is 10.0. The summed E-state index contributed by atoms with van der Waals surface area (Å²) >= 11 is 0. The van der Waals surface area contributed by atoms with Crippen molar-refractivity contribution in [3.05, 3.63) is 12.2 Å². The highest BCUT2D eigenvalue weighted by Crippen LogP contribution is 2.35. The van der Waals surface area contributed by atoms with Crippen molar-refractivity contribution >= 4 is 13.7 Å². The molecule has 0 heterocycles. The Bertz CT molecular complexity index is 728. The number of amides is 1. The third kappa shape index (κ3) is 34.6. The largest absolute Gasteiger partial charge is 0.469 e. The molecule has 0 aliphatic carbocycles. The first-order valence-corrected chi connectivity index (χ1v) is 21.2. The molecule has 0 bridgehead atoms. The monoisotopic (exact) mass is 674 g/mol. The molecule has 8 heteroatoms. The predicted molar refractivity (Wildman–Crippen MR) is 195 cm³/mol. The number of carbonyl (C=O) groups excluding carboxylic acids is 1. The van der Waals surface area contributed by atoms with Gasteiger partial charge in [0, 0.05) is 6.42 Å². The van der Waals surface area contributed by atoms with E-state index in [0.29, 0.717) is 6.42 Å². The minimum Gasteiger partial charge on any atom is -0.387 e. The number of phosphoric ester groups is 1. The number of hydrogen-bond acceptors (Lipinski definition) is 4. The third-order valence-corrected chi connectivity index (χ3v) is 9.48. The summed E-state index contributed by atoms with van der Waals surface area (Å²) < 4.78 is 15.9. The molecule has 0 fully saturated rings. The number of hydrogen-bond donors (Lipinski definition) is 4. The molecule has 0 spiro atoms. The second-order valence-electron chi connectivity index (χ2n) is 13.6. The van der Waals surface area contributed by atoms with Crippen LogP contribution in [-0.4, -0.2) is 39.6 Å². The number of aliphatic hydroxyl groups is 1. The van der Waals surface area contributed by atoms with Crippen molar-refractivity contribution in [1.82, 2.24) is 5.32 Å². The summed E-state index contributed by atoms with van der Waals surface area (Å²) in [6.07, 6.45) is 39.4. The number of aliphatic hydroxyl groups excluding tert-OH is 1. The molecule has 0 saturated heterocycles. The fourth-order valence-electron chi connectivity index (χ4n) is 5.99. The van der Waals surface area contributed by atoms with E-state index in [9.17, 15) is 14.5 Å². The van der Waals surface area contributed by atoms with Crippen LogP contribution in [0.15, 0.2) is 12.2 Å². The maximum absolute atomic E-state index is 12.5. The van der Waals surface area contributed by atoms with Gasteiger partial charge in [-0.05, 0) is 19.3 Å². The highest BCUT2D eigenvalue weighted by molar-refractivity contribution is 7.46. The maximum atomic E-state index is 12.5. The van der Waals surface area contributed by atoms with Crippen LogP contribution in [0, 0.1) is 0 Å². The lowest BCUT2D eigenvalue weighted by Crippen LogP contribution is -2.45. The van der Waals surface area contributed by atoms with E-state index in [0.717, 1.165) is 38.5 Å². The summed E-state index contributed by atoms with van der Waals surface area (Å²) in [5.74, 6) is -0.224. The molecule has 1 amide bonds.